The van der Waals surface area contributed by atoms with E-state index in [2.05, 4.69) is 0 Å². The highest BCUT2D eigenvalue weighted by Gasteiger charge is 2.03. The second kappa shape index (κ2) is 4.24. The van der Waals surface area contributed by atoms with Crippen LogP contribution in [0.5, 0.6) is 0 Å². The van der Waals surface area contributed by atoms with Crippen molar-refractivity contribution < 1.29 is 4.79 Å². The third-order valence-corrected chi connectivity index (χ3v) is 1.85. The van der Waals surface area contributed by atoms with Gasteiger partial charge in [-0.15, -0.1) is 11.6 Å². The van der Waals surface area contributed by atoms with Crippen molar-refractivity contribution in [3.8, 4) is 0 Å². The summed E-state index contributed by atoms with van der Waals surface area (Å²) in [6.07, 6.45) is 0. The molecule has 0 saturated heterocycles. The number of rotatable bonds is 3. The second-order valence-corrected chi connectivity index (χ2v) is 2.73. The smallest absolute Gasteiger partial charge is 0.177 e. The fourth-order valence-corrected chi connectivity index (χ4v) is 1.10. The molecule has 3 heteroatoms. The Balaban J connectivity index is 2.93. The van der Waals surface area contributed by atoms with E-state index in [0.29, 0.717) is 12.1 Å². The monoisotopic (exact) mass is 183 g/mol. The Morgan fingerprint density at radius 3 is 2.83 bits per heavy atom. The minimum absolute atomic E-state index is 0.0218. The molecule has 0 spiro atoms. The molecule has 0 amide bonds. The summed E-state index contributed by atoms with van der Waals surface area (Å²) in [5.41, 5.74) is 7.00. The zero-order valence-electron chi connectivity index (χ0n) is 6.59. The van der Waals surface area contributed by atoms with Crippen molar-refractivity contribution >= 4 is 17.4 Å². The Kier molecular flexibility index (Phi) is 3.26. The number of ketones is 1. The van der Waals surface area contributed by atoms with Crippen LogP contribution in [-0.2, 0) is 6.54 Å². The van der Waals surface area contributed by atoms with Crippen molar-refractivity contribution in [2.75, 3.05) is 5.88 Å². The Hall–Kier alpha value is -0.860. The molecule has 1 rings (SSSR count). The molecule has 0 unspecified atom stereocenters. The summed E-state index contributed by atoms with van der Waals surface area (Å²) < 4.78 is 0. The maximum atomic E-state index is 11.1. The van der Waals surface area contributed by atoms with Gasteiger partial charge in [0.25, 0.3) is 0 Å². The number of carbonyl (C=O) groups excluding carboxylic acids is 1. The molecule has 1 aromatic rings. The van der Waals surface area contributed by atoms with Crippen molar-refractivity contribution in [3.05, 3.63) is 35.4 Å². The van der Waals surface area contributed by atoms with Crippen LogP contribution in [0.25, 0.3) is 0 Å². The normalized spacial score (nSPS) is 9.83. The lowest BCUT2D eigenvalue weighted by molar-refractivity contribution is 0.102. The quantitative estimate of drug-likeness (QED) is 0.571. The molecule has 0 aromatic heterocycles. The van der Waals surface area contributed by atoms with E-state index in [-0.39, 0.29) is 11.7 Å². The highest BCUT2D eigenvalue weighted by atomic mass is 35.5. The van der Waals surface area contributed by atoms with E-state index in [9.17, 15) is 4.79 Å². The predicted octanol–water partition coefficient (Wildman–Crippen LogP) is 1.57. The van der Waals surface area contributed by atoms with Gasteiger partial charge < -0.3 is 5.73 Å². The molecular formula is C9H10ClNO. The Morgan fingerprint density at radius 2 is 2.25 bits per heavy atom. The van der Waals surface area contributed by atoms with Gasteiger partial charge in [-0.3, -0.25) is 4.79 Å². The Morgan fingerprint density at radius 1 is 1.50 bits per heavy atom. The average Bonchev–Trinajstić information content (AvgIpc) is 2.17. The molecule has 12 heavy (non-hydrogen) atoms. The minimum Gasteiger partial charge on any atom is -0.326 e. The molecule has 0 atom stereocenters. The summed E-state index contributed by atoms with van der Waals surface area (Å²) in [4.78, 5) is 11.1. The van der Waals surface area contributed by atoms with Gasteiger partial charge in [0.1, 0.15) is 0 Å². The fraction of sp³-hybridized carbons (Fsp3) is 0.222. The van der Waals surface area contributed by atoms with Gasteiger partial charge in [-0.2, -0.15) is 0 Å². The standard InChI is InChI=1S/C9H10ClNO/c10-5-9(12)8-3-1-2-7(4-8)6-11/h1-4H,5-6,11H2. The molecule has 0 aliphatic rings. The molecule has 1 aromatic carbocycles. The van der Waals surface area contributed by atoms with Gasteiger partial charge in [-0.25, -0.2) is 0 Å². The lowest BCUT2D eigenvalue weighted by Gasteiger charge is -1.99. The van der Waals surface area contributed by atoms with Gasteiger partial charge in [-0.05, 0) is 11.6 Å². The van der Waals surface area contributed by atoms with Gasteiger partial charge in [0.15, 0.2) is 5.78 Å². The molecule has 0 heterocycles. The molecule has 0 aliphatic carbocycles. The molecule has 2 nitrogen and oxygen atoms in total. The third-order valence-electron chi connectivity index (χ3n) is 1.61. The first-order valence-corrected chi connectivity index (χ1v) is 4.19. The number of benzene rings is 1. The fourth-order valence-electron chi connectivity index (χ4n) is 0.949. The summed E-state index contributed by atoms with van der Waals surface area (Å²) in [5.74, 6) is -0.0411. The molecular weight excluding hydrogens is 174 g/mol. The number of hydrogen-bond donors (Lipinski definition) is 1. The topological polar surface area (TPSA) is 43.1 Å². The number of hydrogen-bond acceptors (Lipinski definition) is 2. The highest BCUT2D eigenvalue weighted by Crippen LogP contribution is 2.05. The first-order valence-electron chi connectivity index (χ1n) is 3.66. The van der Waals surface area contributed by atoms with Crippen LogP contribution < -0.4 is 5.73 Å². The second-order valence-electron chi connectivity index (χ2n) is 2.46. The average molecular weight is 184 g/mol. The summed E-state index contributed by atoms with van der Waals surface area (Å²) >= 11 is 5.40. The Labute approximate surface area is 76.3 Å². The third kappa shape index (κ3) is 2.06. The van der Waals surface area contributed by atoms with Crippen LogP contribution in [0, 0.1) is 0 Å². The van der Waals surface area contributed by atoms with Crippen LogP contribution in [0.4, 0.5) is 0 Å². The maximum absolute atomic E-state index is 11.1. The summed E-state index contributed by atoms with van der Waals surface area (Å²) in [7, 11) is 0. The molecule has 0 saturated carbocycles. The summed E-state index contributed by atoms with van der Waals surface area (Å²) in [6.45, 7) is 0.448. The van der Waals surface area contributed by atoms with E-state index in [4.69, 9.17) is 17.3 Å². The number of alkyl halides is 1. The summed E-state index contributed by atoms with van der Waals surface area (Å²) in [6, 6.07) is 7.20. The molecule has 0 radical (unpaired) electrons. The van der Waals surface area contributed by atoms with E-state index in [0.717, 1.165) is 5.56 Å². The highest BCUT2D eigenvalue weighted by molar-refractivity contribution is 6.30. The van der Waals surface area contributed by atoms with Crippen LogP contribution in [0.15, 0.2) is 24.3 Å². The molecule has 0 bridgehead atoms. The Bertz CT molecular complexity index is 286. The molecule has 0 aliphatic heterocycles. The van der Waals surface area contributed by atoms with Gasteiger partial charge in [0.2, 0.25) is 0 Å². The zero-order chi connectivity index (χ0) is 8.97. The number of nitrogens with two attached hydrogens (primary N) is 1. The van der Waals surface area contributed by atoms with E-state index in [1.165, 1.54) is 0 Å². The lowest BCUT2D eigenvalue weighted by atomic mass is 10.1. The van der Waals surface area contributed by atoms with Gasteiger partial charge in [0, 0.05) is 12.1 Å². The lowest BCUT2D eigenvalue weighted by Crippen LogP contribution is -2.02. The van der Waals surface area contributed by atoms with Crippen LogP contribution >= 0.6 is 11.6 Å². The van der Waals surface area contributed by atoms with Crippen LogP contribution in [-0.4, -0.2) is 11.7 Å². The SMILES string of the molecule is NCc1cccc(C(=O)CCl)c1. The maximum Gasteiger partial charge on any atom is 0.177 e. The molecule has 64 valence electrons. The van der Waals surface area contributed by atoms with E-state index in [1.54, 1.807) is 12.1 Å². The first kappa shape index (κ1) is 9.23. The number of halogens is 1. The molecule has 2 N–H and O–H groups in total. The van der Waals surface area contributed by atoms with E-state index in [1.807, 2.05) is 12.1 Å². The van der Waals surface area contributed by atoms with Crippen LogP contribution in [0.3, 0.4) is 0 Å². The minimum atomic E-state index is -0.0630. The van der Waals surface area contributed by atoms with Crippen molar-refractivity contribution in [1.29, 1.82) is 0 Å². The predicted molar refractivity (Wildman–Crippen MR) is 49.4 cm³/mol. The van der Waals surface area contributed by atoms with Crippen molar-refractivity contribution in [2.24, 2.45) is 5.73 Å². The molecule has 0 fully saturated rings. The van der Waals surface area contributed by atoms with Crippen molar-refractivity contribution in [1.82, 2.24) is 0 Å². The number of Topliss-reactive ketones (excluding diaryl/α,β-unsaturated/α-hetero) is 1. The zero-order valence-corrected chi connectivity index (χ0v) is 7.34. The van der Waals surface area contributed by atoms with E-state index >= 15 is 0 Å². The van der Waals surface area contributed by atoms with Gasteiger partial charge >= 0.3 is 0 Å². The summed E-state index contributed by atoms with van der Waals surface area (Å²) in [5, 5.41) is 0. The van der Waals surface area contributed by atoms with Crippen LogP contribution in [0.2, 0.25) is 0 Å². The van der Waals surface area contributed by atoms with Crippen LogP contribution in [0.1, 0.15) is 15.9 Å². The van der Waals surface area contributed by atoms with Gasteiger partial charge in [0.05, 0.1) is 5.88 Å². The van der Waals surface area contributed by atoms with Crippen molar-refractivity contribution in [2.45, 2.75) is 6.54 Å². The first-order chi connectivity index (χ1) is 5.77. The van der Waals surface area contributed by atoms with E-state index < -0.39 is 0 Å². The largest absolute Gasteiger partial charge is 0.326 e. The number of carbonyl (C=O) groups is 1. The van der Waals surface area contributed by atoms with Gasteiger partial charge in [-0.1, -0.05) is 18.2 Å². The van der Waals surface area contributed by atoms with Crippen molar-refractivity contribution in [3.63, 3.8) is 0 Å².